The number of rotatable bonds is 5. The van der Waals surface area contributed by atoms with Crippen molar-refractivity contribution in [3.8, 4) is 0 Å². The number of carbonyl (C=O) groups is 2. The maximum atomic E-state index is 13.4. The van der Waals surface area contributed by atoms with Gasteiger partial charge in [-0.1, -0.05) is 0 Å². The molecule has 2 saturated carbocycles. The van der Waals surface area contributed by atoms with Gasteiger partial charge < -0.3 is 10.1 Å². The minimum absolute atomic E-state index is 0.0689. The summed E-state index contributed by atoms with van der Waals surface area (Å²) in [5.41, 5.74) is 0.556. The first kappa shape index (κ1) is 23.8. The van der Waals surface area contributed by atoms with Gasteiger partial charge in [0.1, 0.15) is 6.10 Å². The lowest BCUT2D eigenvalue weighted by molar-refractivity contribution is -0.169. The van der Waals surface area contributed by atoms with Crippen molar-refractivity contribution in [1.29, 1.82) is 0 Å². The zero-order chi connectivity index (χ0) is 21.7. The average Bonchev–Trinajstić information content (AvgIpc) is 3.16. The van der Waals surface area contributed by atoms with Gasteiger partial charge in [-0.2, -0.15) is 17.2 Å². The third-order valence-corrected chi connectivity index (χ3v) is 9.65. The molecule has 2 aliphatic carbocycles. The van der Waals surface area contributed by atoms with Crippen LogP contribution >= 0.6 is 67.8 Å². The fraction of sp³-hybridized carbons (Fsp3) is 0.500. The van der Waals surface area contributed by atoms with E-state index < -0.39 is 27.4 Å². The van der Waals surface area contributed by atoms with Crippen molar-refractivity contribution >= 4 is 89.8 Å². The van der Waals surface area contributed by atoms with Crippen molar-refractivity contribution < 1.29 is 36.1 Å². The van der Waals surface area contributed by atoms with Gasteiger partial charge in [0, 0.05) is 16.8 Å². The molecule has 0 spiro atoms. The number of alkyl halides is 2. The Balaban J connectivity index is 1.63. The number of hydrogen-bond acceptors (Lipinski definition) is 5. The summed E-state index contributed by atoms with van der Waals surface area (Å²) < 4.78 is 64.0. The molecule has 0 aromatic heterocycles. The third-order valence-electron chi connectivity index (χ3n) is 5.17. The van der Waals surface area contributed by atoms with E-state index in [9.17, 15) is 26.8 Å². The van der Waals surface area contributed by atoms with Crippen LogP contribution in [0.5, 0.6) is 0 Å². The fourth-order valence-corrected chi connectivity index (χ4v) is 6.48. The van der Waals surface area contributed by atoms with Gasteiger partial charge >= 0.3 is 21.3 Å². The number of esters is 1. The molecule has 3 rings (SSSR count). The van der Waals surface area contributed by atoms with E-state index in [1.54, 1.807) is 6.07 Å². The highest BCUT2D eigenvalue weighted by molar-refractivity contribution is 14.1. The van der Waals surface area contributed by atoms with Gasteiger partial charge in [-0.15, -0.1) is 0 Å². The first-order valence-electron chi connectivity index (χ1n) is 8.32. The van der Waals surface area contributed by atoms with Gasteiger partial charge in [0.25, 0.3) is 5.91 Å². The monoisotopic (exact) mass is 767 g/mol. The number of carbonyl (C=O) groups excluding carboxylic acids is 2. The lowest BCUT2D eigenvalue weighted by Crippen LogP contribution is -2.44. The van der Waals surface area contributed by atoms with E-state index in [4.69, 9.17) is 4.55 Å². The van der Waals surface area contributed by atoms with Crippen LogP contribution in [0.15, 0.2) is 12.1 Å². The normalized spacial score (nSPS) is 26.4. The second-order valence-electron chi connectivity index (χ2n) is 6.99. The molecule has 2 bridgehead atoms. The topological polar surface area (TPSA) is 110 Å². The molecule has 2 fully saturated rings. The zero-order valence-corrected chi connectivity index (χ0v) is 21.7. The van der Waals surface area contributed by atoms with Crippen molar-refractivity contribution in [2.75, 3.05) is 0 Å². The molecule has 0 saturated heterocycles. The highest BCUT2D eigenvalue weighted by atomic mass is 127. The Hall–Kier alpha value is 0.120. The van der Waals surface area contributed by atoms with Crippen LogP contribution < -0.4 is 5.32 Å². The van der Waals surface area contributed by atoms with Crippen LogP contribution in [0.4, 0.5) is 8.78 Å². The summed E-state index contributed by atoms with van der Waals surface area (Å²) >= 11 is 6.39. The van der Waals surface area contributed by atoms with Crippen LogP contribution in [0.25, 0.3) is 0 Å². The van der Waals surface area contributed by atoms with Gasteiger partial charge in [-0.3, -0.25) is 9.35 Å². The maximum absolute atomic E-state index is 13.4. The molecule has 2 aliphatic rings. The second-order valence-corrected chi connectivity index (χ2v) is 11.9. The first-order chi connectivity index (χ1) is 13.3. The van der Waals surface area contributed by atoms with Crippen molar-refractivity contribution in [2.24, 2.45) is 11.8 Å². The molecule has 1 aromatic rings. The smallest absolute Gasteiger partial charge is 0.457 e. The summed E-state index contributed by atoms with van der Waals surface area (Å²) in [6, 6.07) is 3.56. The van der Waals surface area contributed by atoms with Crippen LogP contribution in [-0.4, -0.2) is 42.2 Å². The van der Waals surface area contributed by atoms with Gasteiger partial charge in [0.05, 0.1) is 5.56 Å². The van der Waals surface area contributed by atoms with E-state index in [2.05, 4.69) is 77.8 Å². The Labute approximate surface area is 206 Å². The van der Waals surface area contributed by atoms with E-state index in [1.165, 1.54) is 0 Å². The first-order valence-corrected chi connectivity index (χ1v) is 13.0. The molecule has 0 aliphatic heterocycles. The summed E-state index contributed by atoms with van der Waals surface area (Å²) in [6.45, 7) is 0. The quantitative estimate of drug-likeness (QED) is 0.206. The van der Waals surface area contributed by atoms with E-state index >= 15 is 0 Å². The maximum Gasteiger partial charge on any atom is 0.465 e. The molecule has 4 atom stereocenters. The molecule has 160 valence electrons. The number of nitrogens with one attached hydrogen (secondary N) is 1. The minimum atomic E-state index is -5.89. The van der Waals surface area contributed by atoms with E-state index in [1.807, 2.05) is 6.07 Å². The van der Waals surface area contributed by atoms with E-state index in [0.29, 0.717) is 18.4 Å². The summed E-state index contributed by atoms with van der Waals surface area (Å²) in [7, 11) is -5.89. The SMILES string of the molecule is O=C(NC1CC2CC1CC2OC(=O)C(F)(F)S(=O)(=O)O)c1cc(I)cc(I)c1I. The highest BCUT2D eigenvalue weighted by Gasteiger charge is 2.57. The molecule has 7 nitrogen and oxygen atoms in total. The molecular weight excluding hydrogens is 753 g/mol. The van der Waals surface area contributed by atoms with Crippen molar-refractivity contribution in [2.45, 2.75) is 36.7 Å². The summed E-state index contributed by atoms with van der Waals surface area (Å²) in [5.74, 6) is -2.84. The largest absolute Gasteiger partial charge is 0.465 e. The number of hydrogen-bond donors (Lipinski definition) is 2. The van der Waals surface area contributed by atoms with Crippen LogP contribution in [0, 0.1) is 22.5 Å². The Kier molecular flexibility index (Phi) is 7.03. The number of amides is 1. The predicted molar refractivity (Wildman–Crippen MR) is 123 cm³/mol. The summed E-state index contributed by atoms with van der Waals surface area (Å²) in [5, 5.41) is -2.02. The standard InChI is InChI=1S/C16H14F2I3NO6S/c17-16(18,29(25,26)27)15(24)28-12-3-6-1-7(12)2-11(6)22-14(23)9-4-8(19)5-10(20)13(9)21/h4-7,11-12H,1-3H2,(H,22,23)(H,25,26,27). The molecule has 1 amide bonds. The van der Waals surface area contributed by atoms with Crippen LogP contribution in [0.2, 0.25) is 0 Å². The van der Waals surface area contributed by atoms with Crippen LogP contribution in [-0.2, 0) is 19.6 Å². The molecule has 29 heavy (non-hydrogen) atoms. The summed E-state index contributed by atoms with van der Waals surface area (Å²) in [4.78, 5) is 24.2. The van der Waals surface area contributed by atoms with Gasteiger partial charge in [0.2, 0.25) is 0 Å². The average molecular weight is 767 g/mol. The van der Waals surface area contributed by atoms with E-state index in [-0.39, 0.29) is 30.2 Å². The third kappa shape index (κ3) is 4.82. The van der Waals surface area contributed by atoms with Crippen LogP contribution in [0.3, 0.4) is 0 Å². The van der Waals surface area contributed by atoms with Gasteiger partial charge in [-0.25, -0.2) is 4.79 Å². The lowest BCUT2D eigenvalue weighted by Gasteiger charge is -2.29. The number of benzene rings is 1. The highest BCUT2D eigenvalue weighted by Crippen LogP contribution is 2.47. The van der Waals surface area contributed by atoms with Crippen LogP contribution in [0.1, 0.15) is 29.6 Å². The van der Waals surface area contributed by atoms with Crippen molar-refractivity contribution in [1.82, 2.24) is 5.32 Å². The number of halogens is 5. The molecule has 13 heteroatoms. The van der Waals surface area contributed by atoms with Crippen molar-refractivity contribution in [3.63, 3.8) is 0 Å². The lowest BCUT2D eigenvalue weighted by atomic mass is 9.92. The Morgan fingerprint density at radius 3 is 2.34 bits per heavy atom. The van der Waals surface area contributed by atoms with E-state index in [0.717, 1.165) is 10.7 Å². The second kappa shape index (κ2) is 8.57. The Morgan fingerprint density at radius 2 is 1.79 bits per heavy atom. The van der Waals surface area contributed by atoms with Gasteiger partial charge in [0.15, 0.2) is 0 Å². The molecule has 2 N–H and O–H groups in total. The minimum Gasteiger partial charge on any atom is -0.457 e. The van der Waals surface area contributed by atoms with Gasteiger partial charge in [-0.05, 0) is 111 Å². The Morgan fingerprint density at radius 1 is 1.14 bits per heavy atom. The molecule has 0 heterocycles. The fourth-order valence-electron chi connectivity index (χ4n) is 3.82. The van der Waals surface area contributed by atoms with Crippen molar-refractivity contribution in [3.05, 3.63) is 28.4 Å². The zero-order valence-electron chi connectivity index (χ0n) is 14.4. The molecule has 0 radical (unpaired) electrons. The number of ether oxygens (including phenoxy) is 1. The number of fused-ring (bicyclic) bond motifs is 2. The summed E-state index contributed by atoms with van der Waals surface area (Å²) in [6.07, 6.45) is 0.376. The predicted octanol–water partition coefficient (Wildman–Crippen LogP) is 3.42. The molecule has 4 unspecified atom stereocenters. The Bertz CT molecular complexity index is 974. The molecular formula is C16H14F2I3NO6S. The molecule has 1 aromatic carbocycles.